The van der Waals surface area contributed by atoms with Crippen LogP contribution in [0.25, 0.3) is 5.65 Å². The van der Waals surface area contributed by atoms with Gasteiger partial charge in [-0.3, -0.25) is 4.90 Å². The number of likely N-dealkylation sites (tertiary alicyclic amines) is 1. The molecule has 2 unspecified atom stereocenters. The summed E-state index contributed by atoms with van der Waals surface area (Å²) in [6.45, 7) is 2.90. The second kappa shape index (κ2) is 4.29. The van der Waals surface area contributed by atoms with E-state index in [4.69, 9.17) is 5.73 Å². The fourth-order valence-corrected chi connectivity index (χ4v) is 2.56. The fourth-order valence-electron chi connectivity index (χ4n) is 2.56. The van der Waals surface area contributed by atoms with Crippen molar-refractivity contribution >= 4 is 5.65 Å². The second-order valence-corrected chi connectivity index (χ2v) is 5.06. The van der Waals surface area contributed by atoms with E-state index in [1.54, 1.807) is 10.8 Å². The summed E-state index contributed by atoms with van der Waals surface area (Å²) in [5.41, 5.74) is 7.94. The van der Waals surface area contributed by atoms with E-state index >= 15 is 0 Å². The summed E-state index contributed by atoms with van der Waals surface area (Å²) in [4.78, 5) is 11.2. The first-order valence-corrected chi connectivity index (χ1v) is 6.28. The molecule has 18 heavy (non-hydrogen) atoms. The number of rotatable bonds is 1. The molecule has 0 bridgehead atoms. The minimum absolute atomic E-state index is 0.267. The molecular weight excluding hydrogens is 228 g/mol. The summed E-state index contributed by atoms with van der Waals surface area (Å²) < 4.78 is 1.71. The first-order chi connectivity index (χ1) is 8.63. The van der Waals surface area contributed by atoms with Crippen LogP contribution in [0, 0.1) is 6.92 Å². The Morgan fingerprint density at radius 1 is 1.44 bits per heavy atom. The van der Waals surface area contributed by atoms with Crippen molar-refractivity contribution in [2.75, 3.05) is 13.6 Å². The predicted molar refractivity (Wildman–Crippen MR) is 68.1 cm³/mol. The topological polar surface area (TPSA) is 72.3 Å². The molecule has 2 aromatic rings. The fraction of sp³-hybridized carbons (Fsp3) is 0.583. The quantitative estimate of drug-likeness (QED) is 0.794. The van der Waals surface area contributed by atoms with E-state index in [2.05, 4.69) is 27.0 Å². The van der Waals surface area contributed by atoms with Gasteiger partial charge < -0.3 is 5.73 Å². The van der Waals surface area contributed by atoms with Crippen LogP contribution in [0.15, 0.2) is 12.4 Å². The zero-order chi connectivity index (χ0) is 12.7. The minimum Gasteiger partial charge on any atom is -0.328 e. The van der Waals surface area contributed by atoms with Gasteiger partial charge in [0, 0.05) is 12.1 Å². The van der Waals surface area contributed by atoms with E-state index in [9.17, 15) is 0 Å². The highest BCUT2D eigenvalue weighted by molar-refractivity contribution is 5.38. The number of nitrogens with two attached hydrogens (primary N) is 1. The second-order valence-electron chi connectivity index (χ2n) is 5.06. The number of aryl methyl sites for hydroxylation is 1. The zero-order valence-corrected chi connectivity index (χ0v) is 10.7. The third-order valence-electron chi connectivity index (χ3n) is 3.61. The number of hydrogen-bond acceptors (Lipinski definition) is 5. The van der Waals surface area contributed by atoms with Gasteiger partial charge in [0.05, 0.1) is 11.7 Å². The van der Waals surface area contributed by atoms with Crippen LogP contribution in [0.2, 0.25) is 0 Å². The molecule has 0 saturated carbocycles. The summed E-state index contributed by atoms with van der Waals surface area (Å²) in [5.74, 6) is 0.766. The Labute approximate surface area is 106 Å². The van der Waals surface area contributed by atoms with Crippen molar-refractivity contribution in [2.45, 2.75) is 31.8 Å². The van der Waals surface area contributed by atoms with Crippen molar-refractivity contribution in [3.05, 3.63) is 23.9 Å². The van der Waals surface area contributed by atoms with E-state index < -0.39 is 0 Å². The first kappa shape index (κ1) is 11.6. The SMILES string of the molecule is Cc1nc2cc(C3CC(N)CCN3C)ncn2n1. The Morgan fingerprint density at radius 2 is 2.28 bits per heavy atom. The van der Waals surface area contributed by atoms with Gasteiger partial charge >= 0.3 is 0 Å². The van der Waals surface area contributed by atoms with Crippen LogP contribution < -0.4 is 5.73 Å². The third kappa shape index (κ3) is 1.97. The van der Waals surface area contributed by atoms with Gasteiger partial charge in [-0.2, -0.15) is 5.10 Å². The molecule has 1 saturated heterocycles. The molecule has 0 amide bonds. The van der Waals surface area contributed by atoms with E-state index in [-0.39, 0.29) is 12.1 Å². The van der Waals surface area contributed by atoms with Gasteiger partial charge in [-0.05, 0) is 33.4 Å². The third-order valence-corrected chi connectivity index (χ3v) is 3.61. The Bertz CT molecular complexity index is 563. The smallest absolute Gasteiger partial charge is 0.159 e. The zero-order valence-electron chi connectivity index (χ0n) is 10.7. The lowest BCUT2D eigenvalue weighted by Crippen LogP contribution is -2.40. The Balaban J connectivity index is 1.97. The van der Waals surface area contributed by atoms with Crippen molar-refractivity contribution in [2.24, 2.45) is 5.73 Å². The Hall–Kier alpha value is -1.53. The molecule has 0 aliphatic carbocycles. The van der Waals surface area contributed by atoms with E-state index in [0.29, 0.717) is 0 Å². The molecule has 0 aromatic carbocycles. The average molecular weight is 246 g/mol. The van der Waals surface area contributed by atoms with Crippen LogP contribution in [-0.4, -0.2) is 44.1 Å². The highest BCUT2D eigenvalue weighted by Gasteiger charge is 2.26. The highest BCUT2D eigenvalue weighted by atomic mass is 15.3. The largest absolute Gasteiger partial charge is 0.328 e. The first-order valence-electron chi connectivity index (χ1n) is 6.28. The lowest BCUT2D eigenvalue weighted by atomic mass is 9.96. The standard InChI is InChI=1S/C12H18N6/c1-8-15-12-6-10(14-7-18(12)16-8)11-5-9(13)3-4-17(11)2/h6-7,9,11H,3-5,13H2,1-2H3. The molecular formula is C12H18N6. The Morgan fingerprint density at radius 3 is 3.11 bits per heavy atom. The lowest BCUT2D eigenvalue weighted by molar-refractivity contribution is 0.168. The van der Waals surface area contributed by atoms with Crippen LogP contribution in [0.5, 0.6) is 0 Å². The number of aromatic nitrogens is 4. The predicted octanol–water partition coefficient (Wildman–Crippen LogP) is 0.527. The van der Waals surface area contributed by atoms with E-state index in [1.165, 1.54) is 0 Å². The molecule has 2 aromatic heterocycles. The molecule has 3 heterocycles. The summed E-state index contributed by atoms with van der Waals surface area (Å²) in [5, 5.41) is 4.24. The van der Waals surface area contributed by atoms with Gasteiger partial charge in [0.25, 0.3) is 0 Å². The minimum atomic E-state index is 0.267. The Kier molecular flexibility index (Phi) is 2.76. The van der Waals surface area contributed by atoms with Gasteiger partial charge in [0.15, 0.2) is 5.65 Å². The van der Waals surface area contributed by atoms with Crippen LogP contribution in [0.1, 0.15) is 30.4 Å². The number of piperidine rings is 1. The molecule has 0 spiro atoms. The van der Waals surface area contributed by atoms with Gasteiger partial charge in [0.1, 0.15) is 12.2 Å². The van der Waals surface area contributed by atoms with Gasteiger partial charge in [-0.1, -0.05) is 0 Å². The van der Waals surface area contributed by atoms with Crippen LogP contribution >= 0.6 is 0 Å². The normalized spacial score (nSPS) is 25.7. The summed E-state index contributed by atoms with van der Waals surface area (Å²) in [6.07, 6.45) is 3.74. The highest BCUT2D eigenvalue weighted by Crippen LogP contribution is 2.27. The van der Waals surface area contributed by atoms with Crippen LogP contribution in [0.3, 0.4) is 0 Å². The molecule has 3 rings (SSSR count). The van der Waals surface area contributed by atoms with Crippen molar-refractivity contribution < 1.29 is 0 Å². The van der Waals surface area contributed by atoms with E-state index in [0.717, 1.165) is 36.6 Å². The van der Waals surface area contributed by atoms with Crippen molar-refractivity contribution in [1.82, 2.24) is 24.5 Å². The van der Waals surface area contributed by atoms with Gasteiger partial charge in [-0.25, -0.2) is 14.5 Å². The number of hydrogen-bond donors (Lipinski definition) is 1. The lowest BCUT2D eigenvalue weighted by Gasteiger charge is -2.35. The van der Waals surface area contributed by atoms with E-state index in [1.807, 2.05) is 13.0 Å². The molecule has 0 radical (unpaired) electrons. The molecule has 96 valence electrons. The molecule has 2 N–H and O–H groups in total. The average Bonchev–Trinajstić information content (AvgIpc) is 2.71. The summed E-state index contributed by atoms with van der Waals surface area (Å²) in [7, 11) is 2.12. The maximum Gasteiger partial charge on any atom is 0.159 e. The monoisotopic (exact) mass is 246 g/mol. The maximum absolute atomic E-state index is 6.05. The molecule has 6 heteroatoms. The van der Waals surface area contributed by atoms with Crippen LogP contribution in [-0.2, 0) is 0 Å². The van der Waals surface area contributed by atoms with Crippen molar-refractivity contribution in [1.29, 1.82) is 0 Å². The molecule has 1 aliphatic heterocycles. The van der Waals surface area contributed by atoms with Crippen LogP contribution in [0.4, 0.5) is 0 Å². The maximum atomic E-state index is 6.05. The molecule has 1 fully saturated rings. The molecule has 2 atom stereocenters. The van der Waals surface area contributed by atoms with Gasteiger partial charge in [0.2, 0.25) is 0 Å². The summed E-state index contributed by atoms with van der Waals surface area (Å²) in [6, 6.07) is 2.57. The van der Waals surface area contributed by atoms with Crippen molar-refractivity contribution in [3.8, 4) is 0 Å². The van der Waals surface area contributed by atoms with Crippen molar-refractivity contribution in [3.63, 3.8) is 0 Å². The van der Waals surface area contributed by atoms with Gasteiger partial charge in [-0.15, -0.1) is 0 Å². The number of nitrogens with zero attached hydrogens (tertiary/aromatic N) is 5. The summed E-state index contributed by atoms with van der Waals surface area (Å²) >= 11 is 0. The molecule has 1 aliphatic rings. The number of fused-ring (bicyclic) bond motifs is 1. The molecule has 6 nitrogen and oxygen atoms in total.